The number of hydrogen-bond acceptors (Lipinski definition) is 3. The number of aromatic nitrogens is 3. The van der Waals surface area contributed by atoms with Crippen molar-refractivity contribution < 1.29 is 13.2 Å². The van der Waals surface area contributed by atoms with E-state index in [2.05, 4.69) is 28.8 Å². The van der Waals surface area contributed by atoms with Gasteiger partial charge in [-0.25, -0.2) is 18.2 Å². The average Bonchev–Trinajstić information content (AvgIpc) is 2.93. The van der Waals surface area contributed by atoms with Crippen molar-refractivity contribution in [3.8, 4) is 33.8 Å². The van der Waals surface area contributed by atoms with E-state index in [4.69, 9.17) is 0 Å². The second-order valence-electron chi connectivity index (χ2n) is 8.98. The number of nitrogens with zero attached hydrogens (tertiary/aromatic N) is 3. The molecule has 5 rings (SSSR count). The van der Waals surface area contributed by atoms with Gasteiger partial charge in [0.2, 0.25) is 0 Å². The van der Waals surface area contributed by atoms with Crippen LogP contribution in [0.4, 0.5) is 13.2 Å². The van der Waals surface area contributed by atoms with E-state index < -0.39 is 17.5 Å². The van der Waals surface area contributed by atoms with E-state index in [-0.39, 0.29) is 27.9 Å². The Morgan fingerprint density at radius 2 is 1.31 bits per heavy atom. The summed E-state index contributed by atoms with van der Waals surface area (Å²) in [6, 6.07) is 23.1. The monoisotopic (exact) mass is 481 g/mol. The highest BCUT2D eigenvalue weighted by Crippen LogP contribution is 2.35. The van der Waals surface area contributed by atoms with Crippen LogP contribution in [0.5, 0.6) is 0 Å². The Hall–Kier alpha value is -4.32. The Balaban J connectivity index is 1.58. The Labute approximate surface area is 207 Å². The number of halogens is 3. The van der Waals surface area contributed by atoms with Gasteiger partial charge in [0.05, 0.1) is 17.1 Å². The molecule has 0 N–H and O–H groups in total. The zero-order valence-corrected chi connectivity index (χ0v) is 19.7. The molecule has 5 aromatic rings. The largest absolute Gasteiger partial charge is 0.264 e. The maximum atomic E-state index is 14.9. The first kappa shape index (κ1) is 23.4. The Morgan fingerprint density at radius 1 is 0.611 bits per heavy atom. The van der Waals surface area contributed by atoms with Crippen molar-refractivity contribution in [2.75, 3.05) is 0 Å². The fourth-order valence-corrected chi connectivity index (χ4v) is 4.21. The Bertz CT molecular complexity index is 1530. The molecule has 178 valence electrons. The predicted octanol–water partition coefficient (Wildman–Crippen LogP) is 7.62. The molecular formula is C30H22F3N3. The highest BCUT2D eigenvalue weighted by Gasteiger charge is 2.24. The van der Waals surface area contributed by atoms with Gasteiger partial charge in [0.25, 0.3) is 0 Å². The molecule has 6 heteroatoms. The number of rotatable bonds is 5. The molecular weight excluding hydrogens is 459 g/mol. The van der Waals surface area contributed by atoms with E-state index in [1.54, 1.807) is 42.6 Å². The maximum absolute atomic E-state index is 14.9. The molecule has 0 aliphatic rings. The van der Waals surface area contributed by atoms with E-state index in [1.807, 2.05) is 42.6 Å². The number of pyridine rings is 3. The van der Waals surface area contributed by atoms with Crippen LogP contribution in [0.2, 0.25) is 0 Å². The molecule has 0 bridgehead atoms. The fourth-order valence-electron chi connectivity index (χ4n) is 4.21. The zero-order valence-electron chi connectivity index (χ0n) is 19.7. The van der Waals surface area contributed by atoms with Crippen LogP contribution in [0.25, 0.3) is 33.8 Å². The highest BCUT2D eigenvalue weighted by atomic mass is 19.2. The molecule has 0 aliphatic heterocycles. The van der Waals surface area contributed by atoms with Gasteiger partial charge in [-0.05, 0) is 53.6 Å². The first-order valence-corrected chi connectivity index (χ1v) is 11.4. The minimum absolute atomic E-state index is 0.128. The lowest BCUT2D eigenvalue weighted by Gasteiger charge is -2.26. The van der Waals surface area contributed by atoms with Gasteiger partial charge in [-0.15, -0.1) is 0 Å². The van der Waals surface area contributed by atoms with Crippen molar-refractivity contribution in [3.05, 3.63) is 126 Å². The third-order valence-corrected chi connectivity index (χ3v) is 6.38. The van der Waals surface area contributed by atoms with Gasteiger partial charge in [0.1, 0.15) is 0 Å². The number of hydrogen-bond donors (Lipinski definition) is 0. The van der Waals surface area contributed by atoms with Crippen LogP contribution in [0.3, 0.4) is 0 Å². The Kier molecular flexibility index (Phi) is 6.10. The third-order valence-electron chi connectivity index (χ3n) is 6.38. The molecule has 36 heavy (non-hydrogen) atoms. The molecule has 2 aromatic carbocycles. The van der Waals surface area contributed by atoms with Gasteiger partial charge in [0.15, 0.2) is 17.5 Å². The van der Waals surface area contributed by atoms with Crippen LogP contribution >= 0.6 is 0 Å². The van der Waals surface area contributed by atoms with Gasteiger partial charge < -0.3 is 0 Å². The zero-order chi connectivity index (χ0) is 25.3. The molecule has 3 nitrogen and oxygen atoms in total. The lowest BCUT2D eigenvalue weighted by atomic mass is 9.78. The normalized spacial score (nSPS) is 11.5. The summed E-state index contributed by atoms with van der Waals surface area (Å²) in [5, 5.41) is 0. The van der Waals surface area contributed by atoms with E-state index >= 15 is 0 Å². The standard InChI is InChI=1S/C30H22F3N3/c1-30(2,21-10-7-14-34-18-21)20-9-5-8-19(16-20)24-12-6-13-26(36-24)23-17-22(25-11-3-4-15-35-25)27(31)29(33)28(23)32/h3-18H,1-2H3. The quantitative estimate of drug-likeness (QED) is 0.243. The van der Waals surface area contributed by atoms with Crippen molar-refractivity contribution in [3.63, 3.8) is 0 Å². The number of benzene rings is 2. The molecule has 3 heterocycles. The van der Waals surface area contributed by atoms with E-state index in [9.17, 15) is 13.2 Å². The van der Waals surface area contributed by atoms with Crippen molar-refractivity contribution >= 4 is 0 Å². The molecule has 0 fully saturated rings. The van der Waals surface area contributed by atoms with Crippen LogP contribution < -0.4 is 0 Å². The molecule has 0 aliphatic carbocycles. The summed E-state index contributed by atoms with van der Waals surface area (Å²) in [4.78, 5) is 12.9. The summed E-state index contributed by atoms with van der Waals surface area (Å²) in [6.45, 7) is 4.23. The van der Waals surface area contributed by atoms with E-state index in [1.165, 1.54) is 12.3 Å². The molecule has 0 radical (unpaired) electrons. The minimum Gasteiger partial charge on any atom is -0.264 e. The fraction of sp³-hybridized carbons (Fsp3) is 0.100. The lowest BCUT2D eigenvalue weighted by molar-refractivity contribution is 0.450. The summed E-state index contributed by atoms with van der Waals surface area (Å²) < 4.78 is 44.1. The summed E-state index contributed by atoms with van der Waals surface area (Å²) in [5.74, 6) is -4.12. The van der Waals surface area contributed by atoms with Crippen LogP contribution in [-0.4, -0.2) is 15.0 Å². The van der Waals surface area contributed by atoms with Crippen molar-refractivity contribution in [2.45, 2.75) is 19.3 Å². The molecule has 0 spiro atoms. The summed E-state index contributed by atoms with van der Waals surface area (Å²) in [6.07, 6.45) is 5.05. The molecule has 0 amide bonds. The first-order chi connectivity index (χ1) is 17.4. The summed E-state index contributed by atoms with van der Waals surface area (Å²) >= 11 is 0. The van der Waals surface area contributed by atoms with Crippen LogP contribution in [0, 0.1) is 17.5 Å². The maximum Gasteiger partial charge on any atom is 0.195 e. The molecule has 0 unspecified atom stereocenters. The summed E-state index contributed by atoms with van der Waals surface area (Å²) in [7, 11) is 0. The predicted molar refractivity (Wildman–Crippen MR) is 135 cm³/mol. The topological polar surface area (TPSA) is 38.7 Å². The molecule has 0 saturated carbocycles. The van der Waals surface area contributed by atoms with Gasteiger partial charge in [-0.3, -0.25) is 9.97 Å². The lowest BCUT2D eigenvalue weighted by Crippen LogP contribution is -2.19. The SMILES string of the molecule is CC(C)(c1cccnc1)c1cccc(-c2cccc(-c3cc(-c4ccccn4)c(F)c(F)c3F)n2)c1. The summed E-state index contributed by atoms with van der Waals surface area (Å²) in [5.41, 5.74) is 3.34. The van der Waals surface area contributed by atoms with E-state index in [0.717, 1.165) is 16.7 Å². The van der Waals surface area contributed by atoms with Crippen LogP contribution in [-0.2, 0) is 5.41 Å². The molecule has 0 saturated heterocycles. The first-order valence-electron chi connectivity index (χ1n) is 11.4. The average molecular weight is 482 g/mol. The Morgan fingerprint density at radius 3 is 2.03 bits per heavy atom. The minimum atomic E-state index is -1.56. The van der Waals surface area contributed by atoms with Gasteiger partial charge in [-0.1, -0.05) is 50.2 Å². The highest BCUT2D eigenvalue weighted by molar-refractivity contribution is 5.73. The van der Waals surface area contributed by atoms with E-state index in [0.29, 0.717) is 5.69 Å². The van der Waals surface area contributed by atoms with Crippen molar-refractivity contribution in [1.82, 2.24) is 15.0 Å². The van der Waals surface area contributed by atoms with Gasteiger partial charge >= 0.3 is 0 Å². The third kappa shape index (κ3) is 4.26. The van der Waals surface area contributed by atoms with Crippen molar-refractivity contribution in [1.29, 1.82) is 0 Å². The second kappa shape index (κ2) is 9.38. The molecule has 0 atom stereocenters. The second-order valence-corrected chi connectivity index (χ2v) is 8.98. The van der Waals surface area contributed by atoms with Crippen LogP contribution in [0.15, 0.2) is 97.5 Å². The molecule has 3 aromatic heterocycles. The smallest absolute Gasteiger partial charge is 0.195 e. The van der Waals surface area contributed by atoms with Gasteiger partial charge in [0, 0.05) is 40.7 Å². The van der Waals surface area contributed by atoms with Crippen LogP contribution in [0.1, 0.15) is 25.0 Å². The van der Waals surface area contributed by atoms with Gasteiger partial charge in [-0.2, -0.15) is 0 Å². The van der Waals surface area contributed by atoms with Crippen molar-refractivity contribution in [2.24, 2.45) is 0 Å².